The first kappa shape index (κ1) is 17.2. The number of benzene rings is 1. The first-order chi connectivity index (χ1) is 12.2. The third-order valence-electron chi connectivity index (χ3n) is 4.44. The summed E-state index contributed by atoms with van der Waals surface area (Å²) in [5.41, 5.74) is 2.27. The Hall–Kier alpha value is -2.63. The van der Waals surface area contributed by atoms with Crippen molar-refractivity contribution in [3.63, 3.8) is 0 Å². The lowest BCUT2D eigenvalue weighted by Crippen LogP contribution is -2.36. The van der Waals surface area contributed by atoms with Crippen LogP contribution in [0.2, 0.25) is 0 Å². The van der Waals surface area contributed by atoms with Crippen LogP contribution in [0.3, 0.4) is 0 Å². The van der Waals surface area contributed by atoms with Crippen molar-refractivity contribution in [3.05, 3.63) is 41.9 Å². The number of carbonyl (C=O) groups is 1. The summed E-state index contributed by atoms with van der Waals surface area (Å²) in [5.74, 6) is 1.14. The Morgan fingerprint density at radius 3 is 2.64 bits per heavy atom. The molecule has 1 amide bonds. The van der Waals surface area contributed by atoms with Gasteiger partial charge in [-0.2, -0.15) is 0 Å². The van der Waals surface area contributed by atoms with E-state index in [2.05, 4.69) is 20.6 Å². The topological polar surface area (TPSA) is 76.1 Å². The molecule has 2 N–H and O–H groups in total. The highest BCUT2D eigenvalue weighted by Crippen LogP contribution is 2.27. The van der Waals surface area contributed by atoms with E-state index >= 15 is 0 Å². The van der Waals surface area contributed by atoms with Gasteiger partial charge in [0.25, 0.3) is 5.91 Å². The van der Waals surface area contributed by atoms with Gasteiger partial charge >= 0.3 is 0 Å². The molecule has 0 unspecified atom stereocenters. The predicted octanol–water partition coefficient (Wildman–Crippen LogP) is 3.60. The van der Waals surface area contributed by atoms with Crippen molar-refractivity contribution in [2.75, 3.05) is 12.4 Å². The lowest BCUT2D eigenvalue weighted by Gasteiger charge is -2.22. The number of ether oxygens (including phenoxy) is 1. The van der Waals surface area contributed by atoms with Gasteiger partial charge in [-0.25, -0.2) is 9.97 Å². The summed E-state index contributed by atoms with van der Waals surface area (Å²) < 4.78 is 5.34. The van der Waals surface area contributed by atoms with Crippen molar-refractivity contribution < 1.29 is 9.53 Å². The van der Waals surface area contributed by atoms with Gasteiger partial charge in [-0.15, -0.1) is 0 Å². The molecule has 132 valence electrons. The van der Waals surface area contributed by atoms with Crippen LogP contribution in [-0.2, 0) is 0 Å². The molecule has 1 aromatic carbocycles. The Bertz CT molecular complexity index is 725. The highest BCUT2D eigenvalue weighted by atomic mass is 16.5. The molecular weight excluding hydrogens is 316 g/mol. The zero-order valence-corrected chi connectivity index (χ0v) is 14.7. The van der Waals surface area contributed by atoms with Crippen LogP contribution in [0.15, 0.2) is 30.6 Å². The third-order valence-corrected chi connectivity index (χ3v) is 4.44. The number of carbonyl (C=O) groups excluding carboxylic acids is 1. The second-order valence-electron chi connectivity index (χ2n) is 6.42. The van der Waals surface area contributed by atoms with Crippen LogP contribution < -0.4 is 15.4 Å². The quantitative estimate of drug-likeness (QED) is 0.870. The second kappa shape index (κ2) is 7.96. The van der Waals surface area contributed by atoms with Gasteiger partial charge < -0.3 is 15.4 Å². The Kier molecular flexibility index (Phi) is 5.48. The molecule has 0 aliphatic heterocycles. The molecular formula is C19H24N4O2. The van der Waals surface area contributed by atoms with Crippen molar-refractivity contribution in [1.29, 1.82) is 0 Å². The number of hydrogen-bond acceptors (Lipinski definition) is 5. The predicted molar refractivity (Wildman–Crippen MR) is 97.4 cm³/mol. The molecule has 1 aliphatic rings. The minimum absolute atomic E-state index is 0.154. The molecule has 0 atom stereocenters. The normalized spacial score (nSPS) is 14.8. The molecule has 6 nitrogen and oxygen atoms in total. The molecule has 0 bridgehead atoms. The molecule has 2 aromatic rings. The minimum atomic E-state index is -0.154. The molecule has 1 aliphatic carbocycles. The lowest BCUT2D eigenvalue weighted by atomic mass is 9.95. The molecule has 3 rings (SSSR count). The number of hydrogen-bond donors (Lipinski definition) is 2. The molecule has 0 spiro atoms. The van der Waals surface area contributed by atoms with Crippen molar-refractivity contribution in [2.24, 2.45) is 0 Å². The van der Waals surface area contributed by atoms with Crippen molar-refractivity contribution in [3.8, 4) is 5.75 Å². The largest absolute Gasteiger partial charge is 0.495 e. The molecule has 1 fully saturated rings. The van der Waals surface area contributed by atoms with Gasteiger partial charge in [0.2, 0.25) is 0 Å². The van der Waals surface area contributed by atoms with Crippen LogP contribution in [0, 0.1) is 6.92 Å². The van der Waals surface area contributed by atoms with E-state index in [1.807, 2.05) is 25.1 Å². The summed E-state index contributed by atoms with van der Waals surface area (Å²) in [5, 5.41) is 6.23. The summed E-state index contributed by atoms with van der Waals surface area (Å²) in [6.07, 6.45) is 8.78. The fourth-order valence-corrected chi connectivity index (χ4v) is 3.07. The average Bonchev–Trinajstić information content (AvgIpc) is 2.63. The first-order valence-corrected chi connectivity index (χ1v) is 8.70. The van der Waals surface area contributed by atoms with E-state index in [-0.39, 0.29) is 11.9 Å². The lowest BCUT2D eigenvalue weighted by molar-refractivity contribution is 0.0922. The number of aryl methyl sites for hydroxylation is 1. The maximum absolute atomic E-state index is 12.3. The molecule has 0 radical (unpaired) electrons. The van der Waals surface area contributed by atoms with Gasteiger partial charge in [0.15, 0.2) is 0 Å². The molecule has 25 heavy (non-hydrogen) atoms. The summed E-state index contributed by atoms with van der Waals surface area (Å²) in [6.45, 7) is 2.01. The summed E-state index contributed by atoms with van der Waals surface area (Å²) in [4.78, 5) is 20.8. The van der Waals surface area contributed by atoms with Crippen LogP contribution >= 0.6 is 0 Å². The summed E-state index contributed by atoms with van der Waals surface area (Å²) in [7, 11) is 1.63. The van der Waals surface area contributed by atoms with Gasteiger partial charge in [-0.1, -0.05) is 25.3 Å². The maximum Gasteiger partial charge on any atom is 0.271 e. The van der Waals surface area contributed by atoms with Gasteiger partial charge in [-0.3, -0.25) is 4.79 Å². The highest BCUT2D eigenvalue weighted by Gasteiger charge is 2.17. The fraction of sp³-hybridized carbons (Fsp3) is 0.421. The van der Waals surface area contributed by atoms with Gasteiger partial charge in [0, 0.05) is 6.04 Å². The number of nitrogens with one attached hydrogen (secondary N) is 2. The number of nitrogens with zero attached hydrogens (tertiary/aromatic N) is 2. The highest BCUT2D eigenvalue weighted by molar-refractivity contribution is 5.92. The maximum atomic E-state index is 12.3. The molecule has 0 saturated heterocycles. The van der Waals surface area contributed by atoms with Gasteiger partial charge in [-0.05, 0) is 37.5 Å². The van der Waals surface area contributed by atoms with Gasteiger partial charge in [0.05, 0.1) is 25.2 Å². The zero-order valence-electron chi connectivity index (χ0n) is 14.7. The van der Waals surface area contributed by atoms with E-state index in [1.165, 1.54) is 25.5 Å². The van der Waals surface area contributed by atoms with Gasteiger partial charge in [0.1, 0.15) is 17.3 Å². The number of aromatic nitrogens is 2. The Balaban J connectivity index is 1.65. The Labute approximate surface area is 148 Å². The Morgan fingerprint density at radius 2 is 1.96 bits per heavy atom. The van der Waals surface area contributed by atoms with E-state index in [0.717, 1.165) is 29.8 Å². The monoisotopic (exact) mass is 340 g/mol. The number of methoxy groups -OCH3 is 1. The van der Waals surface area contributed by atoms with Crippen molar-refractivity contribution in [1.82, 2.24) is 15.3 Å². The summed E-state index contributed by atoms with van der Waals surface area (Å²) >= 11 is 0. The van der Waals surface area contributed by atoms with E-state index in [4.69, 9.17) is 4.74 Å². The number of anilines is 2. The van der Waals surface area contributed by atoms with Crippen LogP contribution in [0.25, 0.3) is 0 Å². The van der Waals surface area contributed by atoms with Crippen molar-refractivity contribution >= 4 is 17.4 Å². The summed E-state index contributed by atoms with van der Waals surface area (Å²) in [6, 6.07) is 6.12. The van der Waals surface area contributed by atoms with E-state index < -0.39 is 0 Å². The van der Waals surface area contributed by atoms with Crippen LogP contribution in [-0.4, -0.2) is 29.0 Å². The third kappa shape index (κ3) is 4.47. The SMILES string of the molecule is COc1ccc(C)cc1Nc1cnc(C(=O)NC2CCCCC2)cn1. The fourth-order valence-electron chi connectivity index (χ4n) is 3.07. The van der Waals surface area contributed by atoms with E-state index in [0.29, 0.717) is 11.5 Å². The van der Waals surface area contributed by atoms with Crippen molar-refractivity contribution in [2.45, 2.75) is 45.1 Å². The number of amides is 1. The smallest absolute Gasteiger partial charge is 0.271 e. The molecule has 6 heteroatoms. The first-order valence-electron chi connectivity index (χ1n) is 8.70. The van der Waals surface area contributed by atoms with Crippen LogP contribution in [0.4, 0.5) is 11.5 Å². The zero-order chi connectivity index (χ0) is 17.6. The van der Waals surface area contributed by atoms with E-state index in [9.17, 15) is 4.79 Å². The number of rotatable bonds is 5. The minimum Gasteiger partial charge on any atom is -0.495 e. The van der Waals surface area contributed by atoms with E-state index in [1.54, 1.807) is 13.3 Å². The standard InChI is InChI=1S/C19H24N4O2/c1-13-8-9-17(25-2)15(10-13)23-18-12-20-16(11-21-18)19(24)22-14-6-4-3-5-7-14/h8-12,14H,3-7H2,1-2H3,(H,21,23)(H,22,24). The van der Waals surface area contributed by atoms with Crippen LogP contribution in [0.1, 0.15) is 48.2 Å². The molecule has 1 aromatic heterocycles. The van der Waals surface area contributed by atoms with Crippen LogP contribution in [0.5, 0.6) is 5.75 Å². The molecule has 1 saturated carbocycles. The average molecular weight is 340 g/mol. The second-order valence-corrected chi connectivity index (χ2v) is 6.42. The molecule has 1 heterocycles. The Morgan fingerprint density at radius 1 is 1.16 bits per heavy atom.